The predicted octanol–water partition coefficient (Wildman–Crippen LogP) is 1.66. The number of aliphatic hydroxyl groups is 1. The highest BCUT2D eigenvalue weighted by atomic mass is 32.2. The van der Waals surface area contributed by atoms with E-state index in [-0.39, 0.29) is 12.4 Å². The van der Waals surface area contributed by atoms with Crippen LogP contribution in [0.2, 0.25) is 0 Å². The molecule has 0 saturated carbocycles. The summed E-state index contributed by atoms with van der Waals surface area (Å²) in [4.78, 5) is 0. The first-order chi connectivity index (χ1) is 9.54. The number of aliphatic hydroxyl groups excluding tert-OH is 1. The summed E-state index contributed by atoms with van der Waals surface area (Å²) in [6.45, 7) is 2.48. The van der Waals surface area contributed by atoms with E-state index in [4.69, 9.17) is 5.11 Å². The zero-order valence-corrected chi connectivity index (χ0v) is 12.4. The van der Waals surface area contributed by atoms with Crippen molar-refractivity contribution in [1.82, 2.24) is 0 Å². The van der Waals surface area contributed by atoms with Gasteiger partial charge in [-0.05, 0) is 37.5 Å². The molecule has 1 N–H and O–H groups in total. The van der Waals surface area contributed by atoms with Gasteiger partial charge in [0.25, 0.3) is 0 Å². The molecule has 0 spiro atoms. The fraction of sp³-hybridized carbons (Fsp3) is 0.467. The zero-order chi connectivity index (χ0) is 14.6. The molecular formula is C15H19NO3S. The van der Waals surface area contributed by atoms with Gasteiger partial charge in [0.05, 0.1) is 18.0 Å². The fourth-order valence-electron chi connectivity index (χ4n) is 2.24. The van der Waals surface area contributed by atoms with Crippen molar-refractivity contribution in [3.63, 3.8) is 0 Å². The van der Waals surface area contributed by atoms with E-state index in [9.17, 15) is 8.42 Å². The molecule has 0 amide bonds. The first-order valence-electron chi connectivity index (χ1n) is 6.75. The van der Waals surface area contributed by atoms with Crippen LogP contribution < -0.4 is 4.31 Å². The highest BCUT2D eigenvalue weighted by Crippen LogP contribution is 2.27. The molecule has 0 unspecified atom stereocenters. The van der Waals surface area contributed by atoms with Crippen LogP contribution in [0.1, 0.15) is 30.4 Å². The van der Waals surface area contributed by atoms with Gasteiger partial charge in [0.1, 0.15) is 0 Å². The Bertz CT molecular complexity index is 641. The molecule has 1 aliphatic rings. The number of sulfonamides is 1. The third kappa shape index (κ3) is 3.33. The van der Waals surface area contributed by atoms with Crippen molar-refractivity contribution in [2.24, 2.45) is 0 Å². The highest BCUT2D eigenvalue weighted by molar-refractivity contribution is 7.92. The standard InChI is InChI=1S/C15H19NO3S/c1-13-7-8-14(6-2-4-10-17)12-15(13)16-9-3-5-11-20(16,18)19/h7-8,12,17H,3-5,9-11H2,1H3. The molecule has 5 heteroatoms. The van der Waals surface area contributed by atoms with Gasteiger partial charge >= 0.3 is 0 Å². The lowest BCUT2D eigenvalue weighted by molar-refractivity contribution is 0.305. The van der Waals surface area contributed by atoms with Gasteiger partial charge in [-0.2, -0.15) is 0 Å². The maximum atomic E-state index is 12.2. The molecule has 1 aromatic rings. The maximum absolute atomic E-state index is 12.2. The topological polar surface area (TPSA) is 57.6 Å². The van der Waals surface area contributed by atoms with Gasteiger partial charge in [0.15, 0.2) is 0 Å². The Labute approximate surface area is 120 Å². The summed E-state index contributed by atoms with van der Waals surface area (Å²) in [5.74, 6) is 6.02. The summed E-state index contributed by atoms with van der Waals surface area (Å²) in [5.41, 5.74) is 2.43. The van der Waals surface area contributed by atoms with Crippen LogP contribution in [0.25, 0.3) is 0 Å². The summed E-state index contributed by atoms with van der Waals surface area (Å²) in [5, 5.41) is 8.73. The third-order valence-corrected chi connectivity index (χ3v) is 5.15. The number of hydrogen-bond donors (Lipinski definition) is 1. The second-order valence-electron chi connectivity index (χ2n) is 4.87. The normalized spacial score (nSPS) is 17.4. The second kappa shape index (κ2) is 6.29. The quantitative estimate of drug-likeness (QED) is 0.844. The van der Waals surface area contributed by atoms with Crippen LogP contribution in [-0.4, -0.2) is 32.4 Å². The largest absolute Gasteiger partial charge is 0.395 e. The summed E-state index contributed by atoms with van der Waals surface area (Å²) < 4.78 is 25.8. The Hall–Kier alpha value is -1.51. The maximum Gasteiger partial charge on any atom is 0.235 e. The monoisotopic (exact) mass is 293 g/mol. The molecule has 2 rings (SSSR count). The van der Waals surface area contributed by atoms with Crippen LogP contribution in [0, 0.1) is 18.8 Å². The number of anilines is 1. The summed E-state index contributed by atoms with van der Waals surface area (Å²) >= 11 is 0. The van der Waals surface area contributed by atoms with E-state index in [1.165, 1.54) is 4.31 Å². The Morgan fingerprint density at radius 1 is 1.35 bits per heavy atom. The van der Waals surface area contributed by atoms with Crippen LogP contribution in [0.3, 0.4) is 0 Å². The van der Waals surface area contributed by atoms with Crippen molar-refractivity contribution < 1.29 is 13.5 Å². The Balaban J connectivity index is 2.36. The van der Waals surface area contributed by atoms with Crippen LogP contribution in [0.15, 0.2) is 18.2 Å². The molecule has 1 aromatic carbocycles. The van der Waals surface area contributed by atoms with E-state index in [2.05, 4.69) is 11.8 Å². The highest BCUT2D eigenvalue weighted by Gasteiger charge is 2.27. The fourth-order valence-corrected chi connectivity index (χ4v) is 3.93. The molecule has 4 nitrogen and oxygen atoms in total. The van der Waals surface area contributed by atoms with Gasteiger partial charge in [-0.3, -0.25) is 4.31 Å². The van der Waals surface area contributed by atoms with Gasteiger partial charge in [-0.1, -0.05) is 17.9 Å². The van der Waals surface area contributed by atoms with Crippen molar-refractivity contribution in [3.8, 4) is 11.8 Å². The second-order valence-corrected chi connectivity index (χ2v) is 6.88. The molecule has 1 heterocycles. The summed E-state index contributed by atoms with van der Waals surface area (Å²) in [7, 11) is -3.20. The van der Waals surface area contributed by atoms with Crippen molar-refractivity contribution >= 4 is 15.7 Å². The molecule has 0 bridgehead atoms. The minimum Gasteiger partial charge on any atom is -0.395 e. The molecule has 1 saturated heterocycles. The van der Waals surface area contributed by atoms with E-state index < -0.39 is 10.0 Å². The Kier molecular flexibility index (Phi) is 4.69. The lowest BCUT2D eigenvalue weighted by Gasteiger charge is -2.29. The average molecular weight is 293 g/mol. The SMILES string of the molecule is Cc1ccc(C#CCCO)cc1N1CCCCS1(=O)=O. The van der Waals surface area contributed by atoms with E-state index in [1.807, 2.05) is 25.1 Å². The molecule has 0 aromatic heterocycles. The van der Waals surface area contributed by atoms with Gasteiger partial charge < -0.3 is 5.11 Å². The number of nitrogens with zero attached hydrogens (tertiary/aromatic N) is 1. The molecule has 1 fully saturated rings. The molecule has 0 aliphatic carbocycles. The minimum atomic E-state index is -3.20. The first kappa shape index (κ1) is 14.9. The molecule has 20 heavy (non-hydrogen) atoms. The average Bonchev–Trinajstić information content (AvgIpc) is 2.41. The number of rotatable bonds is 2. The molecule has 1 aliphatic heterocycles. The number of hydrogen-bond acceptors (Lipinski definition) is 3. The molecule has 0 atom stereocenters. The van der Waals surface area contributed by atoms with Crippen LogP contribution in [-0.2, 0) is 10.0 Å². The smallest absolute Gasteiger partial charge is 0.235 e. The first-order valence-corrected chi connectivity index (χ1v) is 8.36. The van der Waals surface area contributed by atoms with Crippen molar-refractivity contribution in [2.45, 2.75) is 26.2 Å². The van der Waals surface area contributed by atoms with Gasteiger partial charge in [0.2, 0.25) is 10.0 Å². The summed E-state index contributed by atoms with van der Waals surface area (Å²) in [6.07, 6.45) is 2.04. The van der Waals surface area contributed by atoms with Crippen LogP contribution >= 0.6 is 0 Å². The van der Waals surface area contributed by atoms with E-state index in [0.717, 1.165) is 29.7 Å². The number of aryl methyl sites for hydroxylation is 1. The lowest BCUT2D eigenvalue weighted by Crippen LogP contribution is -2.38. The molecule has 0 radical (unpaired) electrons. The Morgan fingerprint density at radius 2 is 2.15 bits per heavy atom. The van der Waals surface area contributed by atoms with E-state index >= 15 is 0 Å². The van der Waals surface area contributed by atoms with Crippen molar-refractivity contribution in [3.05, 3.63) is 29.3 Å². The third-order valence-electron chi connectivity index (χ3n) is 3.30. The van der Waals surface area contributed by atoms with Crippen LogP contribution in [0.4, 0.5) is 5.69 Å². The predicted molar refractivity (Wildman–Crippen MR) is 80.1 cm³/mol. The number of benzene rings is 1. The van der Waals surface area contributed by atoms with Gasteiger partial charge in [0, 0.05) is 18.5 Å². The van der Waals surface area contributed by atoms with Gasteiger partial charge in [-0.15, -0.1) is 0 Å². The Morgan fingerprint density at radius 3 is 2.85 bits per heavy atom. The lowest BCUT2D eigenvalue weighted by atomic mass is 10.1. The van der Waals surface area contributed by atoms with Gasteiger partial charge in [-0.25, -0.2) is 8.42 Å². The summed E-state index contributed by atoms with van der Waals surface area (Å²) in [6, 6.07) is 5.59. The molecule has 108 valence electrons. The van der Waals surface area contributed by atoms with E-state index in [1.54, 1.807) is 0 Å². The van der Waals surface area contributed by atoms with Crippen LogP contribution in [0.5, 0.6) is 0 Å². The van der Waals surface area contributed by atoms with Crippen molar-refractivity contribution in [1.29, 1.82) is 0 Å². The zero-order valence-electron chi connectivity index (χ0n) is 11.6. The van der Waals surface area contributed by atoms with E-state index in [0.29, 0.717) is 13.0 Å². The van der Waals surface area contributed by atoms with Crippen molar-refractivity contribution in [2.75, 3.05) is 23.2 Å². The molecular weight excluding hydrogens is 274 g/mol. The minimum absolute atomic E-state index is 0.0340.